The highest BCUT2D eigenvalue weighted by atomic mass is 15.0. The normalized spacial score (nSPS) is 16.0. The first-order chi connectivity index (χ1) is 14.6. The largest absolute Gasteiger partial charge is 0.330 e. The van der Waals surface area contributed by atoms with Gasteiger partial charge in [-0.05, 0) is 52.5 Å². The van der Waals surface area contributed by atoms with E-state index >= 15 is 0 Å². The third-order valence-electron chi connectivity index (χ3n) is 4.63. The van der Waals surface area contributed by atoms with Crippen LogP contribution in [0.15, 0.2) is 48.7 Å². The summed E-state index contributed by atoms with van der Waals surface area (Å²) in [4.78, 5) is 4.63. The summed E-state index contributed by atoms with van der Waals surface area (Å²) in [5.74, 6) is 0.482. The van der Waals surface area contributed by atoms with Gasteiger partial charge in [-0.1, -0.05) is 57.2 Å². The molecule has 3 aromatic rings. The van der Waals surface area contributed by atoms with Crippen LogP contribution in [0.3, 0.4) is 0 Å². The lowest BCUT2D eigenvalue weighted by atomic mass is 9.87. The first-order valence-corrected chi connectivity index (χ1v) is 8.73. The van der Waals surface area contributed by atoms with E-state index in [9.17, 15) is 0 Å². The molecule has 2 aromatic carbocycles. The monoisotopic (exact) mass is 351 g/mol. The molecule has 0 bridgehead atoms. The van der Waals surface area contributed by atoms with E-state index in [2.05, 4.69) is 4.98 Å². The van der Waals surface area contributed by atoms with Crippen LogP contribution >= 0.6 is 0 Å². The van der Waals surface area contributed by atoms with Gasteiger partial charge in [-0.15, -0.1) is 0 Å². The Hall–Kier alpha value is -2.48. The Labute approximate surface area is 166 Å². The number of aromatic nitrogens is 2. The van der Waals surface area contributed by atoms with Gasteiger partial charge in [0.15, 0.2) is 5.69 Å². The molecule has 2 nitrogen and oxygen atoms in total. The van der Waals surface area contributed by atoms with Crippen LogP contribution in [-0.2, 0) is 12.5 Å². The van der Waals surface area contributed by atoms with Crippen LogP contribution in [0.25, 0.3) is 22.5 Å². The highest BCUT2D eigenvalue weighted by molar-refractivity contribution is 5.74. The van der Waals surface area contributed by atoms with E-state index in [1.54, 1.807) is 6.07 Å². The molecule has 134 valence electrons. The molecular formula is C24H29N2+. The maximum Gasteiger partial charge on any atom is 0.330 e. The minimum Gasteiger partial charge on any atom is -0.233 e. The highest BCUT2D eigenvalue weighted by Gasteiger charge is 2.26. The predicted octanol–water partition coefficient (Wildman–Crippen LogP) is 5.46. The highest BCUT2D eigenvalue weighted by Crippen LogP contribution is 2.31. The summed E-state index contributed by atoms with van der Waals surface area (Å²) >= 11 is 0. The van der Waals surface area contributed by atoms with Crippen molar-refractivity contribution in [1.82, 2.24) is 4.98 Å². The fourth-order valence-corrected chi connectivity index (χ4v) is 3.17. The van der Waals surface area contributed by atoms with Gasteiger partial charge in [0.2, 0.25) is 0 Å². The summed E-state index contributed by atoms with van der Waals surface area (Å²) in [6, 6.07) is 12.8. The molecule has 0 unspecified atom stereocenters. The van der Waals surface area contributed by atoms with Crippen molar-refractivity contribution in [3.63, 3.8) is 0 Å². The van der Waals surface area contributed by atoms with Crippen molar-refractivity contribution in [3.8, 4) is 22.5 Å². The van der Waals surface area contributed by atoms with E-state index in [1.807, 2.05) is 81.9 Å². The van der Waals surface area contributed by atoms with Gasteiger partial charge in [0, 0.05) is 20.6 Å². The minimum atomic E-state index is -2.37. The smallest absolute Gasteiger partial charge is 0.233 e. The molecule has 0 amide bonds. The Morgan fingerprint density at radius 1 is 0.962 bits per heavy atom. The van der Waals surface area contributed by atoms with Gasteiger partial charge in [0.25, 0.3) is 0 Å². The summed E-state index contributed by atoms with van der Waals surface area (Å²) < 4.78 is 50.1. The average Bonchev–Trinajstić information content (AvgIpc) is 2.66. The van der Waals surface area contributed by atoms with Gasteiger partial charge in [-0.3, -0.25) is 0 Å². The molecule has 2 heteroatoms. The molecule has 3 rings (SSSR count). The SMILES string of the molecule is [2H]C([2H])([2H])c1cc(C)c(-c2nc(C([2H])([2H])[2H])c(C(C)(C)C)c[n+]2C)cc1-c1ccccc1. The molecule has 0 spiro atoms. The van der Waals surface area contributed by atoms with Crippen LogP contribution in [-0.4, -0.2) is 4.98 Å². The summed E-state index contributed by atoms with van der Waals surface area (Å²) in [6.45, 7) is 3.05. The first-order valence-electron chi connectivity index (χ1n) is 11.7. The zero-order chi connectivity index (χ0) is 24.1. The summed E-state index contributed by atoms with van der Waals surface area (Å²) in [6.07, 6.45) is 1.82. The van der Waals surface area contributed by atoms with E-state index in [4.69, 9.17) is 8.22 Å². The van der Waals surface area contributed by atoms with Crippen molar-refractivity contribution in [2.24, 2.45) is 7.05 Å². The molecule has 0 fully saturated rings. The molecule has 1 aromatic heterocycles. The molecule has 0 aliphatic carbocycles. The van der Waals surface area contributed by atoms with Crippen molar-refractivity contribution in [3.05, 3.63) is 71.0 Å². The Balaban J connectivity index is 2.36. The lowest BCUT2D eigenvalue weighted by molar-refractivity contribution is -0.663. The summed E-state index contributed by atoms with van der Waals surface area (Å²) in [7, 11) is 1.83. The van der Waals surface area contributed by atoms with Gasteiger partial charge < -0.3 is 0 Å². The van der Waals surface area contributed by atoms with Gasteiger partial charge in [-0.25, -0.2) is 4.57 Å². The zero-order valence-electron chi connectivity index (χ0n) is 22.0. The van der Waals surface area contributed by atoms with Crippen LogP contribution in [0.5, 0.6) is 0 Å². The van der Waals surface area contributed by atoms with Gasteiger partial charge in [0.1, 0.15) is 0 Å². The fraction of sp³-hybridized carbons (Fsp3) is 0.333. The lowest BCUT2D eigenvalue weighted by Gasteiger charge is -2.19. The molecular weight excluding hydrogens is 316 g/mol. The van der Waals surface area contributed by atoms with Crippen molar-refractivity contribution >= 4 is 0 Å². The number of nitrogens with zero attached hydrogens (tertiary/aromatic N) is 2. The van der Waals surface area contributed by atoms with Gasteiger partial charge in [0.05, 0.1) is 18.8 Å². The van der Waals surface area contributed by atoms with Gasteiger partial charge in [-0.2, -0.15) is 0 Å². The van der Waals surface area contributed by atoms with E-state index in [0.717, 1.165) is 11.1 Å². The molecule has 0 atom stereocenters. The van der Waals surface area contributed by atoms with Crippen molar-refractivity contribution in [1.29, 1.82) is 0 Å². The van der Waals surface area contributed by atoms with E-state index in [-0.39, 0.29) is 11.3 Å². The van der Waals surface area contributed by atoms with Crippen LogP contribution in [0.4, 0.5) is 0 Å². The molecule has 0 saturated carbocycles. The fourth-order valence-electron chi connectivity index (χ4n) is 3.17. The molecule has 0 N–H and O–H groups in total. The Kier molecular flexibility index (Phi) is 3.08. The molecule has 0 aliphatic rings. The maximum atomic E-state index is 8.06. The number of hydrogen-bond donors (Lipinski definition) is 0. The van der Waals surface area contributed by atoms with Crippen molar-refractivity contribution in [2.75, 3.05) is 0 Å². The molecule has 1 heterocycles. The molecule has 26 heavy (non-hydrogen) atoms. The van der Waals surface area contributed by atoms with Crippen LogP contribution in [0.1, 0.15) is 51.4 Å². The van der Waals surface area contributed by atoms with Gasteiger partial charge >= 0.3 is 5.82 Å². The van der Waals surface area contributed by atoms with Crippen LogP contribution in [0, 0.1) is 20.6 Å². The topological polar surface area (TPSA) is 16.8 Å². The summed E-state index contributed by atoms with van der Waals surface area (Å²) in [5.41, 5.74) is 3.37. The Morgan fingerprint density at radius 3 is 2.31 bits per heavy atom. The lowest BCUT2D eigenvalue weighted by Crippen LogP contribution is -2.35. The maximum absolute atomic E-state index is 8.06. The zero-order valence-corrected chi connectivity index (χ0v) is 16.0. The minimum absolute atomic E-state index is 0.0682. The number of benzene rings is 2. The molecule has 0 radical (unpaired) electrons. The first kappa shape index (κ1) is 12.0. The van der Waals surface area contributed by atoms with E-state index in [0.29, 0.717) is 22.5 Å². The second-order valence-corrected chi connectivity index (χ2v) is 7.77. The predicted molar refractivity (Wildman–Crippen MR) is 109 cm³/mol. The quantitative estimate of drug-likeness (QED) is 0.560. The van der Waals surface area contributed by atoms with Crippen LogP contribution < -0.4 is 4.57 Å². The molecule has 0 saturated heterocycles. The van der Waals surface area contributed by atoms with Crippen molar-refractivity contribution in [2.45, 2.75) is 46.8 Å². The Morgan fingerprint density at radius 2 is 1.69 bits per heavy atom. The molecule has 0 aliphatic heterocycles. The number of hydrogen-bond acceptors (Lipinski definition) is 1. The average molecular weight is 352 g/mol. The third-order valence-corrected chi connectivity index (χ3v) is 4.63. The number of aryl methyl sites for hydroxylation is 4. The number of rotatable bonds is 2. The second kappa shape index (κ2) is 6.68. The van der Waals surface area contributed by atoms with Crippen molar-refractivity contribution < 1.29 is 12.8 Å². The van der Waals surface area contributed by atoms with E-state index < -0.39 is 19.1 Å². The Bertz CT molecular complexity index is 1140. The second-order valence-electron chi connectivity index (χ2n) is 7.77. The summed E-state index contributed by atoms with van der Waals surface area (Å²) in [5, 5.41) is 0. The van der Waals surface area contributed by atoms with Crippen LogP contribution in [0.2, 0.25) is 0 Å². The standard InChI is InChI=1S/C24H29N2/c1-16-13-17(2)21(14-20(16)19-11-9-8-10-12-19)23-25-18(3)22(15-26(23)7)24(4,5)6/h8-15H,1-7H3/q+1/i1D3,3D3. The third kappa shape index (κ3) is 3.41. The van der Waals surface area contributed by atoms with E-state index in [1.165, 1.54) is 0 Å².